The number of nitriles is 1. The Morgan fingerprint density at radius 3 is 2.50 bits per heavy atom. The number of ether oxygens (including phenoxy) is 1. The van der Waals surface area contributed by atoms with Crippen LogP contribution in [0, 0.1) is 25.2 Å². The summed E-state index contributed by atoms with van der Waals surface area (Å²) in [4.78, 5) is 14.8. The summed E-state index contributed by atoms with van der Waals surface area (Å²) in [6.07, 6.45) is 0. The first-order valence-electron chi connectivity index (χ1n) is 5.91. The number of benzene rings is 1. The lowest BCUT2D eigenvalue weighted by atomic mass is 10.1. The Morgan fingerprint density at radius 1 is 1.30 bits per heavy atom. The van der Waals surface area contributed by atoms with Crippen LogP contribution in [0.2, 0.25) is 0 Å². The van der Waals surface area contributed by atoms with E-state index in [0.29, 0.717) is 11.3 Å². The molecule has 2 rings (SSSR count). The number of pyridine rings is 1. The zero-order chi connectivity index (χ0) is 14.7. The molecule has 0 bridgehead atoms. The summed E-state index contributed by atoms with van der Waals surface area (Å²) in [5.41, 5.74) is 2.07. The van der Waals surface area contributed by atoms with Crippen molar-refractivity contribution in [1.29, 1.82) is 5.26 Å². The van der Waals surface area contributed by atoms with Gasteiger partial charge >= 0.3 is 5.97 Å². The van der Waals surface area contributed by atoms with Crippen LogP contribution in [-0.4, -0.2) is 16.1 Å². The average Bonchev–Trinajstić information content (AvgIpc) is 2.42. The number of aromatic carboxylic acids is 1. The fourth-order valence-corrected chi connectivity index (χ4v) is 1.87. The van der Waals surface area contributed by atoms with Crippen LogP contribution < -0.4 is 4.74 Å². The van der Waals surface area contributed by atoms with E-state index in [2.05, 4.69) is 11.1 Å². The molecule has 0 amide bonds. The van der Waals surface area contributed by atoms with Gasteiger partial charge < -0.3 is 9.84 Å². The number of hydrogen-bond donors (Lipinski definition) is 1. The molecular weight excluding hydrogens is 256 g/mol. The molecule has 0 saturated carbocycles. The molecule has 20 heavy (non-hydrogen) atoms. The van der Waals surface area contributed by atoms with E-state index in [9.17, 15) is 4.79 Å². The third kappa shape index (κ3) is 2.75. The molecule has 0 aliphatic heterocycles. The van der Waals surface area contributed by atoms with Gasteiger partial charge in [-0.3, -0.25) is 0 Å². The lowest BCUT2D eigenvalue weighted by Crippen LogP contribution is -2.01. The maximum atomic E-state index is 10.9. The van der Waals surface area contributed by atoms with E-state index in [1.165, 1.54) is 6.07 Å². The van der Waals surface area contributed by atoms with Crippen LogP contribution in [0.25, 0.3) is 0 Å². The van der Waals surface area contributed by atoms with E-state index >= 15 is 0 Å². The van der Waals surface area contributed by atoms with E-state index in [1.54, 1.807) is 24.3 Å². The summed E-state index contributed by atoms with van der Waals surface area (Å²) in [5, 5.41) is 17.8. The van der Waals surface area contributed by atoms with Crippen LogP contribution in [0.3, 0.4) is 0 Å². The van der Waals surface area contributed by atoms with Gasteiger partial charge in [-0.15, -0.1) is 0 Å². The van der Waals surface area contributed by atoms with Crippen molar-refractivity contribution in [2.75, 3.05) is 0 Å². The predicted octanol–water partition coefficient (Wildman–Crippen LogP) is 3.06. The SMILES string of the molecule is Cc1cc(C#N)cc(C)c1Oc1cccc(C(=O)O)n1. The van der Waals surface area contributed by atoms with Crippen LogP contribution in [0.4, 0.5) is 0 Å². The minimum atomic E-state index is -1.11. The Kier molecular flexibility index (Phi) is 3.67. The summed E-state index contributed by atoms with van der Waals surface area (Å²) in [5.74, 6) is -0.316. The van der Waals surface area contributed by atoms with Gasteiger partial charge in [-0.05, 0) is 43.2 Å². The first-order valence-corrected chi connectivity index (χ1v) is 5.91. The molecule has 1 heterocycles. The second-order valence-corrected chi connectivity index (χ2v) is 4.32. The van der Waals surface area contributed by atoms with Gasteiger partial charge in [0.2, 0.25) is 5.88 Å². The predicted molar refractivity (Wildman–Crippen MR) is 71.9 cm³/mol. The Hall–Kier alpha value is -2.87. The lowest BCUT2D eigenvalue weighted by molar-refractivity contribution is 0.0689. The van der Waals surface area contributed by atoms with Gasteiger partial charge in [0.25, 0.3) is 0 Å². The molecular formula is C15H12N2O3. The summed E-state index contributed by atoms with van der Waals surface area (Å²) in [7, 11) is 0. The van der Waals surface area contributed by atoms with Crippen molar-refractivity contribution in [2.45, 2.75) is 13.8 Å². The van der Waals surface area contributed by atoms with Crippen LogP contribution in [0.1, 0.15) is 27.2 Å². The van der Waals surface area contributed by atoms with Crippen molar-refractivity contribution in [3.8, 4) is 17.7 Å². The second kappa shape index (κ2) is 5.41. The molecule has 100 valence electrons. The minimum Gasteiger partial charge on any atom is -0.477 e. The molecule has 1 aromatic heterocycles. The quantitative estimate of drug-likeness (QED) is 0.924. The molecule has 0 atom stereocenters. The average molecular weight is 268 g/mol. The van der Waals surface area contributed by atoms with Crippen molar-refractivity contribution in [3.63, 3.8) is 0 Å². The highest BCUT2D eigenvalue weighted by molar-refractivity contribution is 5.85. The Bertz CT molecular complexity index is 694. The number of carboxylic acids is 1. The second-order valence-electron chi connectivity index (χ2n) is 4.32. The normalized spacial score (nSPS) is 9.85. The molecule has 0 spiro atoms. The number of aromatic nitrogens is 1. The topological polar surface area (TPSA) is 83.2 Å². The van der Waals surface area contributed by atoms with Gasteiger partial charge in [-0.1, -0.05) is 6.07 Å². The van der Waals surface area contributed by atoms with Gasteiger partial charge in [0, 0.05) is 6.07 Å². The van der Waals surface area contributed by atoms with Gasteiger partial charge in [0.05, 0.1) is 11.6 Å². The molecule has 5 nitrogen and oxygen atoms in total. The zero-order valence-corrected chi connectivity index (χ0v) is 11.0. The molecule has 2 aromatic rings. The van der Waals surface area contributed by atoms with E-state index in [-0.39, 0.29) is 11.6 Å². The molecule has 0 fully saturated rings. The molecule has 5 heteroatoms. The minimum absolute atomic E-state index is 0.0774. The lowest BCUT2D eigenvalue weighted by Gasteiger charge is -2.11. The fourth-order valence-electron chi connectivity index (χ4n) is 1.87. The molecule has 0 saturated heterocycles. The molecule has 0 radical (unpaired) electrons. The van der Waals surface area contributed by atoms with Gasteiger partial charge in [0.15, 0.2) is 5.69 Å². The molecule has 1 N–H and O–H groups in total. The first-order chi connectivity index (χ1) is 9.51. The van der Waals surface area contributed by atoms with E-state index in [0.717, 1.165) is 11.1 Å². The summed E-state index contributed by atoms with van der Waals surface area (Å²) in [6, 6.07) is 10.1. The first kappa shape index (κ1) is 13.6. The maximum absolute atomic E-state index is 10.9. The summed E-state index contributed by atoms with van der Waals surface area (Å²) >= 11 is 0. The van der Waals surface area contributed by atoms with Crippen LogP contribution in [0.5, 0.6) is 11.6 Å². The number of carbonyl (C=O) groups is 1. The van der Waals surface area contributed by atoms with Crippen LogP contribution in [-0.2, 0) is 0 Å². The van der Waals surface area contributed by atoms with Crippen molar-refractivity contribution in [1.82, 2.24) is 4.98 Å². The fraction of sp³-hybridized carbons (Fsp3) is 0.133. The number of aryl methyl sites for hydroxylation is 2. The molecule has 0 aliphatic carbocycles. The highest BCUT2D eigenvalue weighted by atomic mass is 16.5. The van der Waals surface area contributed by atoms with Crippen molar-refractivity contribution < 1.29 is 14.6 Å². The third-order valence-corrected chi connectivity index (χ3v) is 2.74. The highest BCUT2D eigenvalue weighted by Gasteiger charge is 2.10. The molecule has 0 unspecified atom stereocenters. The van der Waals surface area contributed by atoms with E-state index < -0.39 is 5.97 Å². The Balaban J connectivity index is 2.38. The highest BCUT2D eigenvalue weighted by Crippen LogP contribution is 2.28. The van der Waals surface area contributed by atoms with Crippen molar-refractivity contribution in [2.24, 2.45) is 0 Å². The van der Waals surface area contributed by atoms with Gasteiger partial charge in [-0.25, -0.2) is 9.78 Å². The maximum Gasteiger partial charge on any atom is 0.354 e. The number of hydrogen-bond acceptors (Lipinski definition) is 4. The van der Waals surface area contributed by atoms with Crippen molar-refractivity contribution >= 4 is 5.97 Å². The number of carboxylic acid groups (broad SMARTS) is 1. The van der Waals surface area contributed by atoms with Gasteiger partial charge in [0.1, 0.15) is 5.75 Å². The monoisotopic (exact) mass is 268 g/mol. The standard InChI is InChI=1S/C15H12N2O3/c1-9-6-11(8-16)7-10(2)14(9)20-13-5-3-4-12(17-13)15(18)19/h3-7H,1-2H3,(H,18,19). The van der Waals surface area contributed by atoms with Crippen molar-refractivity contribution in [3.05, 3.63) is 52.7 Å². The van der Waals surface area contributed by atoms with Crippen LogP contribution >= 0.6 is 0 Å². The molecule has 0 aliphatic rings. The largest absolute Gasteiger partial charge is 0.477 e. The Labute approximate surface area is 116 Å². The smallest absolute Gasteiger partial charge is 0.354 e. The Morgan fingerprint density at radius 2 is 1.95 bits per heavy atom. The summed E-state index contributed by atoms with van der Waals surface area (Å²) < 4.78 is 5.65. The van der Waals surface area contributed by atoms with Gasteiger partial charge in [-0.2, -0.15) is 5.26 Å². The number of nitrogens with zero attached hydrogens (tertiary/aromatic N) is 2. The van der Waals surface area contributed by atoms with E-state index in [1.807, 2.05) is 13.8 Å². The zero-order valence-electron chi connectivity index (χ0n) is 11.0. The third-order valence-electron chi connectivity index (χ3n) is 2.74. The molecule has 1 aromatic carbocycles. The van der Waals surface area contributed by atoms with Crippen LogP contribution in [0.15, 0.2) is 30.3 Å². The number of rotatable bonds is 3. The van der Waals surface area contributed by atoms with E-state index in [4.69, 9.17) is 15.1 Å². The summed E-state index contributed by atoms with van der Waals surface area (Å²) in [6.45, 7) is 3.65.